The summed E-state index contributed by atoms with van der Waals surface area (Å²) in [5.74, 6) is 0.292. The molecule has 2 aliphatic rings. The fourth-order valence-corrected chi connectivity index (χ4v) is 2.87. The smallest absolute Gasteiger partial charge is 0.116 e. The van der Waals surface area contributed by atoms with Gasteiger partial charge in [-0.2, -0.15) is 0 Å². The lowest BCUT2D eigenvalue weighted by atomic mass is 9.99. The number of phenols is 1. The van der Waals surface area contributed by atoms with E-state index in [4.69, 9.17) is 14.2 Å². The minimum absolute atomic E-state index is 0.292. The highest BCUT2D eigenvalue weighted by molar-refractivity contribution is 5.75. The zero-order chi connectivity index (χ0) is 19.2. The molecule has 2 unspecified atom stereocenters. The average molecular weight is 376 g/mol. The zero-order valence-corrected chi connectivity index (χ0v) is 15.7. The van der Waals surface area contributed by atoms with Gasteiger partial charge in [-0.25, -0.2) is 0 Å². The van der Waals surface area contributed by atoms with Crippen molar-refractivity contribution in [3.8, 4) is 28.0 Å². The molecule has 5 rings (SSSR count). The van der Waals surface area contributed by atoms with Crippen molar-refractivity contribution in [1.29, 1.82) is 0 Å². The molecule has 0 radical (unpaired) electrons. The lowest BCUT2D eigenvalue weighted by Crippen LogP contribution is -2.06. The lowest BCUT2D eigenvalue weighted by molar-refractivity contribution is 0.102. The fraction of sp³-hybridized carbons (Fsp3) is 0.250. The minimum Gasteiger partial charge on any atom is -0.508 e. The molecule has 1 N–H and O–H groups in total. The van der Waals surface area contributed by atoms with Gasteiger partial charge in [0.2, 0.25) is 0 Å². The van der Waals surface area contributed by atoms with Crippen LogP contribution in [0, 0.1) is 0 Å². The maximum absolute atomic E-state index is 9.92. The largest absolute Gasteiger partial charge is 0.508 e. The first kappa shape index (κ1) is 18.7. The first-order valence-corrected chi connectivity index (χ1v) is 9.54. The standard InChI is InChI=1S/C18H14O.C6H10O3/c19-18-12-16(14-7-3-1-4-8-14)11-17(13-18)15-9-5-2-6-10-15;1(5-3-8-5)7-2-6-4-9-6/h1-13,19H;5-6H,1-4H2. The topological polar surface area (TPSA) is 54.5 Å². The third kappa shape index (κ3) is 5.67. The molecule has 3 aromatic carbocycles. The van der Waals surface area contributed by atoms with Crippen LogP contribution in [-0.2, 0) is 14.2 Å². The summed E-state index contributed by atoms with van der Waals surface area (Å²) in [4.78, 5) is 0. The van der Waals surface area contributed by atoms with Gasteiger partial charge in [0.25, 0.3) is 0 Å². The van der Waals surface area contributed by atoms with Crippen LogP contribution in [0.5, 0.6) is 5.75 Å². The van der Waals surface area contributed by atoms with E-state index >= 15 is 0 Å². The second kappa shape index (κ2) is 9.02. The van der Waals surface area contributed by atoms with Gasteiger partial charge in [0.05, 0.1) is 26.4 Å². The van der Waals surface area contributed by atoms with E-state index in [0.717, 1.165) is 48.7 Å². The summed E-state index contributed by atoms with van der Waals surface area (Å²) < 4.78 is 15.1. The van der Waals surface area contributed by atoms with E-state index in [9.17, 15) is 5.11 Å². The molecule has 2 saturated heterocycles. The highest BCUT2D eigenvalue weighted by atomic mass is 16.6. The van der Waals surface area contributed by atoms with Crippen LogP contribution < -0.4 is 0 Å². The van der Waals surface area contributed by atoms with Crippen molar-refractivity contribution in [2.24, 2.45) is 0 Å². The summed E-state index contributed by atoms with van der Waals surface area (Å²) in [6, 6.07) is 25.9. The number of epoxide rings is 2. The second-order valence-corrected chi connectivity index (χ2v) is 6.95. The summed E-state index contributed by atoms with van der Waals surface area (Å²) in [6.45, 7) is 3.26. The molecule has 2 atom stereocenters. The van der Waals surface area contributed by atoms with Crippen LogP contribution in [0.3, 0.4) is 0 Å². The monoisotopic (exact) mass is 376 g/mol. The van der Waals surface area contributed by atoms with Gasteiger partial charge in [0.15, 0.2) is 0 Å². The predicted molar refractivity (Wildman–Crippen MR) is 109 cm³/mol. The van der Waals surface area contributed by atoms with E-state index in [2.05, 4.69) is 6.07 Å². The van der Waals surface area contributed by atoms with Crippen molar-refractivity contribution in [3.63, 3.8) is 0 Å². The van der Waals surface area contributed by atoms with Gasteiger partial charge in [-0.15, -0.1) is 0 Å². The SMILES string of the molecule is C(OCC1CO1)C1CO1.Oc1cc(-c2ccccc2)cc(-c2ccccc2)c1. The number of ether oxygens (including phenoxy) is 3. The molecule has 4 nitrogen and oxygen atoms in total. The zero-order valence-electron chi connectivity index (χ0n) is 15.7. The molecule has 144 valence electrons. The number of hydrogen-bond donors (Lipinski definition) is 1. The summed E-state index contributed by atoms with van der Waals surface area (Å²) in [5, 5.41) is 9.92. The van der Waals surface area contributed by atoms with Crippen LogP contribution in [0.2, 0.25) is 0 Å². The Morgan fingerprint density at radius 3 is 1.50 bits per heavy atom. The number of rotatable bonds is 6. The third-order valence-electron chi connectivity index (χ3n) is 4.54. The van der Waals surface area contributed by atoms with E-state index in [0.29, 0.717) is 18.0 Å². The van der Waals surface area contributed by atoms with Crippen molar-refractivity contribution in [1.82, 2.24) is 0 Å². The molecular weight excluding hydrogens is 352 g/mol. The predicted octanol–water partition coefficient (Wildman–Crippen LogP) is 4.53. The molecule has 0 spiro atoms. The third-order valence-corrected chi connectivity index (χ3v) is 4.54. The Hall–Kier alpha value is -2.66. The van der Waals surface area contributed by atoms with Crippen LogP contribution in [0.15, 0.2) is 78.9 Å². The minimum atomic E-state index is 0.292. The van der Waals surface area contributed by atoms with Crippen molar-refractivity contribution in [2.45, 2.75) is 12.2 Å². The number of phenolic OH excluding ortho intramolecular Hbond substituents is 1. The van der Waals surface area contributed by atoms with Gasteiger partial charge in [-0.1, -0.05) is 60.7 Å². The van der Waals surface area contributed by atoms with Crippen molar-refractivity contribution in [3.05, 3.63) is 78.9 Å². The van der Waals surface area contributed by atoms with Gasteiger partial charge in [0.1, 0.15) is 18.0 Å². The van der Waals surface area contributed by atoms with Crippen LogP contribution in [-0.4, -0.2) is 43.7 Å². The quantitative estimate of drug-likeness (QED) is 0.643. The highest BCUT2D eigenvalue weighted by Crippen LogP contribution is 2.30. The van der Waals surface area contributed by atoms with Crippen LogP contribution in [0.25, 0.3) is 22.3 Å². The van der Waals surface area contributed by atoms with E-state index in [1.165, 1.54) is 0 Å². The molecule has 4 heteroatoms. The first-order chi connectivity index (χ1) is 13.8. The van der Waals surface area contributed by atoms with Crippen molar-refractivity contribution >= 4 is 0 Å². The molecule has 0 saturated carbocycles. The molecule has 28 heavy (non-hydrogen) atoms. The van der Waals surface area contributed by atoms with Crippen LogP contribution in [0.4, 0.5) is 0 Å². The summed E-state index contributed by atoms with van der Waals surface area (Å²) in [5.41, 5.74) is 4.27. The van der Waals surface area contributed by atoms with Crippen molar-refractivity contribution in [2.75, 3.05) is 26.4 Å². The van der Waals surface area contributed by atoms with Crippen LogP contribution >= 0.6 is 0 Å². The van der Waals surface area contributed by atoms with Gasteiger partial charge < -0.3 is 19.3 Å². The Kier molecular flexibility index (Phi) is 6.02. The van der Waals surface area contributed by atoms with E-state index in [-0.39, 0.29) is 0 Å². The maximum atomic E-state index is 9.92. The molecule has 3 aromatic rings. The van der Waals surface area contributed by atoms with Gasteiger partial charge in [-0.05, 0) is 40.5 Å². The first-order valence-electron chi connectivity index (χ1n) is 9.54. The summed E-state index contributed by atoms with van der Waals surface area (Å²) in [6.07, 6.45) is 0.785. The molecule has 2 fully saturated rings. The highest BCUT2D eigenvalue weighted by Gasteiger charge is 2.26. The molecular formula is C24H24O4. The Balaban J connectivity index is 0.000000177. The van der Waals surface area contributed by atoms with Crippen LogP contribution in [0.1, 0.15) is 0 Å². The normalized spacial score (nSPS) is 19.4. The fourth-order valence-electron chi connectivity index (χ4n) is 2.87. The average Bonchev–Trinajstić information content (AvgIpc) is 3.66. The van der Waals surface area contributed by atoms with E-state index in [1.54, 1.807) is 12.1 Å². The van der Waals surface area contributed by atoms with E-state index in [1.807, 2.05) is 60.7 Å². The second-order valence-electron chi connectivity index (χ2n) is 6.95. The summed E-state index contributed by atoms with van der Waals surface area (Å²) >= 11 is 0. The molecule has 0 amide bonds. The molecule has 0 aliphatic carbocycles. The molecule has 0 bridgehead atoms. The molecule has 2 heterocycles. The van der Waals surface area contributed by atoms with Gasteiger partial charge in [0, 0.05) is 0 Å². The van der Waals surface area contributed by atoms with Crippen molar-refractivity contribution < 1.29 is 19.3 Å². The number of hydrogen-bond acceptors (Lipinski definition) is 4. The lowest BCUT2D eigenvalue weighted by Gasteiger charge is -2.07. The number of aromatic hydroxyl groups is 1. The number of benzene rings is 3. The maximum Gasteiger partial charge on any atom is 0.116 e. The Morgan fingerprint density at radius 2 is 1.11 bits per heavy atom. The molecule has 0 aromatic heterocycles. The van der Waals surface area contributed by atoms with E-state index < -0.39 is 0 Å². The molecule has 2 aliphatic heterocycles. The Bertz CT molecular complexity index is 802. The summed E-state index contributed by atoms with van der Waals surface area (Å²) in [7, 11) is 0. The Morgan fingerprint density at radius 1 is 0.679 bits per heavy atom. The van der Waals surface area contributed by atoms with Gasteiger partial charge in [-0.3, -0.25) is 0 Å². The Labute approximate surface area is 165 Å². The van der Waals surface area contributed by atoms with Gasteiger partial charge >= 0.3 is 0 Å².